The van der Waals surface area contributed by atoms with Crippen LogP contribution in [0.2, 0.25) is 0 Å². The van der Waals surface area contributed by atoms with Crippen molar-refractivity contribution in [3.8, 4) is 0 Å². The SMILES string of the molecule is O=C([O-])[C@@H]1C2CCC(CC2)[C@@H]1C(=O)N1CC[NH+](C2CCCCC2)CC1. The summed E-state index contributed by atoms with van der Waals surface area (Å²) in [6.45, 7) is 3.68. The first kappa shape index (κ1) is 17.3. The number of fused-ring (bicyclic) bond motifs is 3. The van der Waals surface area contributed by atoms with Gasteiger partial charge in [0.15, 0.2) is 0 Å². The third kappa shape index (κ3) is 3.32. The summed E-state index contributed by atoms with van der Waals surface area (Å²) >= 11 is 0. The Balaban J connectivity index is 1.39. The fraction of sp³-hybridized carbons (Fsp3) is 0.900. The lowest BCUT2D eigenvalue weighted by Gasteiger charge is -2.50. The van der Waals surface area contributed by atoms with Gasteiger partial charge in [-0.2, -0.15) is 0 Å². The molecule has 5 aliphatic rings. The summed E-state index contributed by atoms with van der Waals surface area (Å²) in [7, 11) is 0. The minimum Gasteiger partial charge on any atom is -0.550 e. The molecule has 2 bridgehead atoms. The highest BCUT2D eigenvalue weighted by molar-refractivity contribution is 5.85. The Morgan fingerprint density at radius 2 is 1.36 bits per heavy atom. The van der Waals surface area contributed by atoms with Gasteiger partial charge in [-0.25, -0.2) is 0 Å². The topological polar surface area (TPSA) is 64.9 Å². The van der Waals surface area contributed by atoms with Gasteiger partial charge in [0.2, 0.25) is 5.91 Å². The van der Waals surface area contributed by atoms with E-state index in [1.165, 1.54) is 32.1 Å². The molecule has 5 rings (SSSR count). The number of amides is 1. The number of carboxylic acids is 1. The summed E-state index contributed by atoms with van der Waals surface area (Å²) in [6, 6.07) is 0.785. The largest absolute Gasteiger partial charge is 0.550 e. The molecule has 0 unspecified atom stereocenters. The Labute approximate surface area is 150 Å². The number of quaternary nitrogens is 1. The Morgan fingerprint density at radius 3 is 1.92 bits per heavy atom. The van der Waals surface area contributed by atoms with Crippen molar-refractivity contribution >= 4 is 11.9 Å². The summed E-state index contributed by atoms with van der Waals surface area (Å²) in [4.78, 5) is 28.5. The molecule has 0 aromatic rings. The molecular weight excluding hydrogens is 316 g/mol. The van der Waals surface area contributed by atoms with E-state index in [9.17, 15) is 14.7 Å². The summed E-state index contributed by atoms with van der Waals surface area (Å²) in [5.74, 6) is -1.29. The number of hydrogen-bond donors (Lipinski definition) is 1. The number of nitrogens with zero attached hydrogens (tertiary/aromatic N) is 1. The molecule has 5 fully saturated rings. The van der Waals surface area contributed by atoms with Crippen LogP contribution in [0.3, 0.4) is 0 Å². The summed E-state index contributed by atoms with van der Waals surface area (Å²) in [6.07, 6.45) is 10.7. The maximum atomic E-state index is 13.2. The Kier molecular flexibility index (Phi) is 5.03. The van der Waals surface area contributed by atoms with Crippen molar-refractivity contribution in [2.75, 3.05) is 26.2 Å². The minimum absolute atomic E-state index is 0.117. The number of carbonyl (C=O) groups is 2. The van der Waals surface area contributed by atoms with E-state index in [2.05, 4.69) is 0 Å². The van der Waals surface area contributed by atoms with Gasteiger partial charge < -0.3 is 19.7 Å². The van der Waals surface area contributed by atoms with Crippen LogP contribution in [-0.4, -0.2) is 49.0 Å². The van der Waals surface area contributed by atoms with Crippen LogP contribution in [0.4, 0.5) is 0 Å². The normalized spacial score (nSPS) is 37.2. The zero-order chi connectivity index (χ0) is 17.4. The lowest BCUT2D eigenvalue weighted by atomic mass is 9.58. The van der Waals surface area contributed by atoms with Crippen LogP contribution in [0.15, 0.2) is 0 Å². The summed E-state index contributed by atoms with van der Waals surface area (Å²) in [5, 5.41) is 11.7. The van der Waals surface area contributed by atoms with Crippen molar-refractivity contribution in [2.24, 2.45) is 23.7 Å². The average molecular weight is 348 g/mol. The Hall–Kier alpha value is -1.10. The quantitative estimate of drug-likeness (QED) is 0.771. The molecule has 4 aliphatic carbocycles. The highest BCUT2D eigenvalue weighted by Crippen LogP contribution is 2.49. The molecule has 1 N–H and O–H groups in total. The fourth-order valence-corrected chi connectivity index (χ4v) is 6.29. The Morgan fingerprint density at radius 1 is 0.800 bits per heavy atom. The van der Waals surface area contributed by atoms with Gasteiger partial charge in [0.05, 0.1) is 32.2 Å². The number of piperazine rings is 1. The lowest BCUT2D eigenvalue weighted by molar-refractivity contribution is -0.930. The molecule has 140 valence electrons. The van der Waals surface area contributed by atoms with E-state index < -0.39 is 11.9 Å². The van der Waals surface area contributed by atoms with E-state index in [0.717, 1.165) is 57.9 Å². The molecule has 5 heteroatoms. The van der Waals surface area contributed by atoms with E-state index in [4.69, 9.17) is 0 Å². The third-order valence-corrected chi connectivity index (χ3v) is 7.68. The molecule has 1 amide bonds. The number of hydrogen-bond acceptors (Lipinski definition) is 3. The van der Waals surface area contributed by atoms with E-state index in [-0.39, 0.29) is 23.7 Å². The second kappa shape index (κ2) is 7.26. The van der Waals surface area contributed by atoms with Crippen molar-refractivity contribution < 1.29 is 19.6 Å². The van der Waals surface area contributed by atoms with Gasteiger partial charge >= 0.3 is 0 Å². The zero-order valence-corrected chi connectivity index (χ0v) is 15.3. The molecule has 0 aromatic heterocycles. The highest BCUT2D eigenvalue weighted by Gasteiger charge is 2.49. The van der Waals surface area contributed by atoms with Gasteiger partial charge in [0.25, 0.3) is 0 Å². The van der Waals surface area contributed by atoms with Crippen molar-refractivity contribution in [1.29, 1.82) is 0 Å². The van der Waals surface area contributed by atoms with Crippen LogP contribution >= 0.6 is 0 Å². The molecule has 2 atom stereocenters. The van der Waals surface area contributed by atoms with Crippen molar-refractivity contribution in [2.45, 2.75) is 63.8 Å². The molecule has 5 nitrogen and oxygen atoms in total. The summed E-state index contributed by atoms with van der Waals surface area (Å²) in [5.41, 5.74) is 0. The Bertz CT molecular complexity index is 501. The van der Waals surface area contributed by atoms with Crippen LogP contribution in [0, 0.1) is 23.7 Å². The second-order valence-corrected chi connectivity index (χ2v) is 8.86. The lowest BCUT2D eigenvalue weighted by Crippen LogP contribution is -3.18. The molecule has 1 aliphatic heterocycles. The summed E-state index contributed by atoms with van der Waals surface area (Å²) < 4.78 is 0. The molecule has 4 saturated carbocycles. The van der Waals surface area contributed by atoms with E-state index in [1.54, 1.807) is 4.90 Å². The molecule has 1 heterocycles. The zero-order valence-electron chi connectivity index (χ0n) is 15.3. The highest BCUT2D eigenvalue weighted by atomic mass is 16.4. The van der Waals surface area contributed by atoms with Gasteiger partial charge in [-0.05, 0) is 63.2 Å². The number of carbonyl (C=O) groups excluding carboxylic acids is 2. The van der Waals surface area contributed by atoms with Gasteiger partial charge in [-0.3, -0.25) is 4.79 Å². The van der Waals surface area contributed by atoms with Crippen LogP contribution in [-0.2, 0) is 9.59 Å². The molecule has 0 radical (unpaired) electrons. The monoisotopic (exact) mass is 348 g/mol. The van der Waals surface area contributed by atoms with E-state index in [0.29, 0.717) is 0 Å². The van der Waals surface area contributed by atoms with Crippen molar-refractivity contribution in [3.63, 3.8) is 0 Å². The van der Waals surface area contributed by atoms with Crippen molar-refractivity contribution in [3.05, 3.63) is 0 Å². The minimum atomic E-state index is -0.987. The number of nitrogens with one attached hydrogen (secondary N) is 1. The van der Waals surface area contributed by atoms with Gasteiger partial charge in [0.1, 0.15) is 0 Å². The number of aliphatic carboxylic acids is 1. The standard InChI is InChI=1S/C20H32N2O3/c23-19(17-14-6-8-15(9-7-14)18(17)20(24)25)22-12-10-21(11-13-22)16-4-2-1-3-5-16/h14-18H,1-13H2,(H,24,25)/t14?,15?,17-,18+/m0/s1. The molecule has 25 heavy (non-hydrogen) atoms. The first-order valence-electron chi connectivity index (χ1n) is 10.5. The van der Waals surface area contributed by atoms with Gasteiger partial charge in [-0.1, -0.05) is 6.42 Å². The molecule has 0 spiro atoms. The molecule has 0 aromatic carbocycles. The van der Waals surface area contributed by atoms with E-state index in [1.807, 2.05) is 4.90 Å². The maximum Gasteiger partial charge on any atom is 0.227 e. The van der Waals surface area contributed by atoms with Crippen LogP contribution in [0.25, 0.3) is 0 Å². The van der Waals surface area contributed by atoms with Crippen LogP contribution in [0.1, 0.15) is 57.8 Å². The second-order valence-electron chi connectivity index (χ2n) is 8.86. The van der Waals surface area contributed by atoms with Crippen LogP contribution < -0.4 is 10.0 Å². The van der Waals surface area contributed by atoms with Crippen molar-refractivity contribution in [1.82, 2.24) is 4.90 Å². The number of rotatable bonds is 3. The predicted octanol–water partition coefficient (Wildman–Crippen LogP) is -0.151. The average Bonchev–Trinajstić information content (AvgIpc) is 2.68. The van der Waals surface area contributed by atoms with Gasteiger partial charge in [-0.15, -0.1) is 0 Å². The van der Waals surface area contributed by atoms with Gasteiger partial charge in [0, 0.05) is 17.8 Å². The first-order valence-corrected chi connectivity index (χ1v) is 10.5. The first-order chi connectivity index (χ1) is 12.1. The molecule has 1 saturated heterocycles. The van der Waals surface area contributed by atoms with E-state index >= 15 is 0 Å². The fourth-order valence-electron chi connectivity index (χ4n) is 6.29. The number of carboxylic acid groups (broad SMARTS) is 1. The maximum absolute atomic E-state index is 13.2. The predicted molar refractivity (Wildman–Crippen MR) is 91.6 cm³/mol. The smallest absolute Gasteiger partial charge is 0.227 e. The third-order valence-electron chi connectivity index (χ3n) is 7.68. The molecular formula is C20H32N2O3. The van der Waals surface area contributed by atoms with Crippen LogP contribution in [0.5, 0.6) is 0 Å².